The molecule has 0 aliphatic heterocycles. The number of carbonyl (C=O) groups excluding carboxylic acids is 1. The fraction of sp³-hybridized carbons (Fsp3) is 0.579. The largest absolute Gasteiger partial charge is 0.489 e. The van der Waals surface area contributed by atoms with Crippen LogP contribution in [0.25, 0.3) is 0 Å². The number of para-hydroxylation sites is 1. The van der Waals surface area contributed by atoms with Crippen LogP contribution in [0.1, 0.15) is 34.6 Å². The summed E-state index contributed by atoms with van der Waals surface area (Å²) in [6, 6.07) is 9.69. The third-order valence-electron chi connectivity index (χ3n) is 3.17. The van der Waals surface area contributed by atoms with Gasteiger partial charge in [-0.15, -0.1) is 24.0 Å². The van der Waals surface area contributed by atoms with Crippen LogP contribution in [-0.4, -0.2) is 55.1 Å². The Morgan fingerprint density at radius 2 is 1.88 bits per heavy atom. The monoisotopic (exact) mass is 476 g/mol. The first-order valence-corrected chi connectivity index (χ1v) is 8.73. The number of likely N-dealkylation sites (N-methyl/N-ethyl adjacent to an activating group) is 1. The van der Waals surface area contributed by atoms with E-state index in [1.165, 1.54) is 0 Å². The first-order chi connectivity index (χ1) is 11.7. The van der Waals surface area contributed by atoms with E-state index in [1.54, 1.807) is 0 Å². The predicted molar refractivity (Wildman–Crippen MR) is 118 cm³/mol. The van der Waals surface area contributed by atoms with Gasteiger partial charge in [-0.05, 0) is 46.8 Å². The highest BCUT2D eigenvalue weighted by atomic mass is 127. The molecule has 0 spiro atoms. The number of halogens is 1. The van der Waals surface area contributed by atoms with E-state index in [4.69, 9.17) is 4.74 Å². The van der Waals surface area contributed by atoms with E-state index in [2.05, 4.69) is 15.6 Å². The van der Waals surface area contributed by atoms with Gasteiger partial charge in [0.05, 0.1) is 13.1 Å². The molecular formula is C19H33IN4O2. The van der Waals surface area contributed by atoms with Crippen molar-refractivity contribution in [2.75, 3.05) is 26.7 Å². The summed E-state index contributed by atoms with van der Waals surface area (Å²) in [5, 5.41) is 6.17. The van der Waals surface area contributed by atoms with Crippen LogP contribution >= 0.6 is 24.0 Å². The molecule has 0 bridgehead atoms. The van der Waals surface area contributed by atoms with Crippen LogP contribution in [0.4, 0.5) is 0 Å². The lowest BCUT2D eigenvalue weighted by atomic mass is 10.1. The van der Waals surface area contributed by atoms with Crippen LogP contribution in [0.5, 0.6) is 5.75 Å². The van der Waals surface area contributed by atoms with Gasteiger partial charge in [0.15, 0.2) is 5.96 Å². The molecule has 7 heteroatoms. The molecule has 2 N–H and O–H groups in total. The lowest BCUT2D eigenvalue weighted by molar-refractivity contribution is -0.122. The van der Waals surface area contributed by atoms with Crippen LogP contribution in [0, 0.1) is 0 Å². The van der Waals surface area contributed by atoms with E-state index < -0.39 is 0 Å². The number of benzene rings is 1. The van der Waals surface area contributed by atoms with Crippen LogP contribution in [-0.2, 0) is 4.79 Å². The minimum Gasteiger partial charge on any atom is -0.489 e. The normalized spacial score (nSPS) is 12.6. The molecule has 0 saturated carbocycles. The van der Waals surface area contributed by atoms with E-state index in [9.17, 15) is 4.79 Å². The summed E-state index contributed by atoms with van der Waals surface area (Å²) in [6.45, 7) is 11.4. The second-order valence-corrected chi connectivity index (χ2v) is 7.09. The minimum atomic E-state index is -0.245. The molecule has 1 aromatic carbocycles. The van der Waals surface area contributed by atoms with Crippen LogP contribution in [0.2, 0.25) is 0 Å². The number of hydrogen-bond acceptors (Lipinski definition) is 3. The number of nitrogens with one attached hydrogen (secondary N) is 2. The molecule has 1 unspecified atom stereocenters. The van der Waals surface area contributed by atoms with Gasteiger partial charge in [-0.2, -0.15) is 0 Å². The molecule has 0 saturated heterocycles. The Hall–Kier alpha value is -1.51. The third-order valence-corrected chi connectivity index (χ3v) is 3.17. The lowest BCUT2D eigenvalue weighted by Gasteiger charge is -2.25. The second-order valence-electron chi connectivity index (χ2n) is 7.09. The van der Waals surface area contributed by atoms with Gasteiger partial charge in [0.2, 0.25) is 5.91 Å². The fourth-order valence-electron chi connectivity index (χ4n) is 2.20. The minimum absolute atomic E-state index is 0. The number of aliphatic imine (C=N–C) groups is 1. The van der Waals surface area contributed by atoms with Crippen molar-refractivity contribution in [1.82, 2.24) is 15.5 Å². The smallest absolute Gasteiger partial charge is 0.240 e. The highest BCUT2D eigenvalue weighted by Gasteiger charge is 2.17. The molecule has 148 valence electrons. The van der Waals surface area contributed by atoms with E-state index in [-0.39, 0.29) is 48.1 Å². The van der Waals surface area contributed by atoms with E-state index in [0.29, 0.717) is 12.5 Å². The molecule has 0 aromatic heterocycles. The van der Waals surface area contributed by atoms with Crippen molar-refractivity contribution in [3.05, 3.63) is 30.3 Å². The van der Waals surface area contributed by atoms with E-state index >= 15 is 0 Å². The van der Waals surface area contributed by atoms with Gasteiger partial charge in [-0.1, -0.05) is 18.2 Å². The van der Waals surface area contributed by atoms with Gasteiger partial charge in [0.1, 0.15) is 11.9 Å². The lowest BCUT2D eigenvalue weighted by Crippen LogP contribution is -2.49. The first-order valence-electron chi connectivity index (χ1n) is 8.73. The number of hydrogen-bond donors (Lipinski definition) is 2. The van der Waals surface area contributed by atoms with Crippen LogP contribution < -0.4 is 15.4 Å². The average molecular weight is 476 g/mol. The van der Waals surface area contributed by atoms with E-state index in [1.807, 2.05) is 76.9 Å². The molecule has 0 heterocycles. The Kier molecular flexibility index (Phi) is 11.3. The summed E-state index contributed by atoms with van der Waals surface area (Å²) in [4.78, 5) is 18.5. The first kappa shape index (κ1) is 24.5. The number of ether oxygens (including phenoxy) is 1. The molecule has 0 radical (unpaired) electrons. The summed E-state index contributed by atoms with van der Waals surface area (Å²) in [5.74, 6) is 1.48. The summed E-state index contributed by atoms with van der Waals surface area (Å²) >= 11 is 0. The Morgan fingerprint density at radius 1 is 1.27 bits per heavy atom. The molecule has 1 amide bonds. The zero-order valence-electron chi connectivity index (χ0n) is 16.7. The maximum Gasteiger partial charge on any atom is 0.240 e. The molecule has 0 aliphatic carbocycles. The number of rotatable bonds is 7. The Morgan fingerprint density at radius 3 is 2.42 bits per heavy atom. The van der Waals surface area contributed by atoms with Crippen molar-refractivity contribution in [2.24, 2.45) is 4.99 Å². The topological polar surface area (TPSA) is 66.0 Å². The number of guanidine groups is 1. The van der Waals surface area contributed by atoms with Crippen molar-refractivity contribution in [1.29, 1.82) is 0 Å². The summed E-state index contributed by atoms with van der Waals surface area (Å²) in [7, 11) is 1.85. The van der Waals surface area contributed by atoms with Crippen LogP contribution in [0.15, 0.2) is 35.3 Å². The van der Waals surface area contributed by atoms with Gasteiger partial charge < -0.3 is 20.3 Å². The number of nitrogens with zero attached hydrogens (tertiary/aromatic N) is 2. The molecule has 26 heavy (non-hydrogen) atoms. The molecule has 6 nitrogen and oxygen atoms in total. The summed E-state index contributed by atoms with van der Waals surface area (Å²) in [6.07, 6.45) is -0.0622. The standard InChI is InChI=1S/C19H32N4O2.HI/c1-7-20-18(23(6)14-17(24)22-19(3,4)5)21-13-15(2)25-16-11-9-8-10-12-16;/h8-12,15H,7,13-14H2,1-6H3,(H,20,21)(H,22,24);1H. The molecule has 0 fully saturated rings. The average Bonchev–Trinajstić information content (AvgIpc) is 2.50. The van der Waals surface area contributed by atoms with Gasteiger partial charge in [-0.25, -0.2) is 4.99 Å². The highest BCUT2D eigenvalue weighted by molar-refractivity contribution is 14.0. The van der Waals surface area contributed by atoms with Crippen molar-refractivity contribution < 1.29 is 9.53 Å². The summed E-state index contributed by atoms with van der Waals surface area (Å²) in [5.41, 5.74) is -0.245. The highest BCUT2D eigenvalue weighted by Crippen LogP contribution is 2.10. The number of carbonyl (C=O) groups is 1. The Balaban J connectivity index is 0.00000625. The summed E-state index contributed by atoms with van der Waals surface area (Å²) < 4.78 is 5.84. The third kappa shape index (κ3) is 10.5. The second kappa shape index (κ2) is 12.0. The maximum atomic E-state index is 12.1. The Labute approximate surface area is 174 Å². The van der Waals surface area contributed by atoms with Crippen molar-refractivity contribution in [3.63, 3.8) is 0 Å². The molecule has 1 atom stereocenters. The molecule has 1 aromatic rings. The molecular weight excluding hydrogens is 443 g/mol. The molecule has 1 rings (SSSR count). The van der Waals surface area contributed by atoms with E-state index in [0.717, 1.165) is 12.3 Å². The predicted octanol–water partition coefficient (Wildman–Crippen LogP) is 2.88. The van der Waals surface area contributed by atoms with Crippen molar-refractivity contribution >= 4 is 35.8 Å². The zero-order chi connectivity index (χ0) is 18.9. The van der Waals surface area contributed by atoms with Gasteiger partial charge in [0.25, 0.3) is 0 Å². The van der Waals surface area contributed by atoms with Gasteiger partial charge in [-0.3, -0.25) is 4.79 Å². The fourth-order valence-corrected chi connectivity index (χ4v) is 2.20. The van der Waals surface area contributed by atoms with Crippen molar-refractivity contribution in [2.45, 2.75) is 46.3 Å². The zero-order valence-corrected chi connectivity index (χ0v) is 19.0. The maximum absolute atomic E-state index is 12.1. The quantitative estimate of drug-likeness (QED) is 0.361. The van der Waals surface area contributed by atoms with Gasteiger partial charge >= 0.3 is 0 Å². The SMILES string of the molecule is CCNC(=NCC(C)Oc1ccccc1)N(C)CC(=O)NC(C)(C)C.I. The molecule has 0 aliphatic rings. The van der Waals surface area contributed by atoms with Gasteiger partial charge in [0, 0.05) is 19.1 Å². The van der Waals surface area contributed by atoms with Crippen LogP contribution in [0.3, 0.4) is 0 Å². The van der Waals surface area contributed by atoms with Crippen molar-refractivity contribution in [3.8, 4) is 5.75 Å². The Bertz CT molecular complexity index is 558. The number of amides is 1.